The fourth-order valence-corrected chi connectivity index (χ4v) is 2.03. The molecule has 7 heteroatoms. The number of carbonyl (C=O) groups is 2. The topological polar surface area (TPSA) is 78.4 Å². The Morgan fingerprint density at radius 2 is 1.84 bits per heavy atom. The minimum Gasteiger partial charge on any atom is -0.478 e. The molecule has 0 aliphatic heterocycles. The van der Waals surface area contributed by atoms with E-state index in [0.717, 1.165) is 6.54 Å². The molecule has 0 heterocycles. The van der Waals surface area contributed by atoms with Crippen LogP contribution in [0.15, 0.2) is 12.1 Å². The number of aromatic carboxylic acids is 1. The van der Waals surface area contributed by atoms with Crippen LogP contribution in [0.25, 0.3) is 0 Å². The first kappa shape index (κ1) is 15.8. The van der Waals surface area contributed by atoms with Crippen molar-refractivity contribution in [3.05, 3.63) is 27.7 Å². The number of carbonyl (C=O) groups excluding carboxylic acids is 1. The summed E-state index contributed by atoms with van der Waals surface area (Å²) in [7, 11) is 1.80. The van der Waals surface area contributed by atoms with Crippen LogP contribution in [0.5, 0.6) is 0 Å². The molecular formula is C12H14Cl2N2O3. The fraction of sp³-hybridized carbons (Fsp3) is 0.333. The SMILES string of the molecule is CNCCCC(=O)Nc1c(Cl)cc(C(=O)O)cc1Cl. The number of benzene rings is 1. The van der Waals surface area contributed by atoms with Gasteiger partial charge in [-0.2, -0.15) is 0 Å². The number of anilines is 1. The summed E-state index contributed by atoms with van der Waals surface area (Å²) in [5.41, 5.74) is 0.214. The van der Waals surface area contributed by atoms with Crippen molar-refractivity contribution in [3.63, 3.8) is 0 Å². The maximum Gasteiger partial charge on any atom is 0.335 e. The molecule has 0 spiro atoms. The van der Waals surface area contributed by atoms with Crippen molar-refractivity contribution in [2.45, 2.75) is 12.8 Å². The molecule has 19 heavy (non-hydrogen) atoms. The second-order valence-corrected chi connectivity index (χ2v) is 4.69. The Hall–Kier alpha value is -1.30. The zero-order chi connectivity index (χ0) is 14.4. The Kier molecular flexibility index (Phi) is 6.08. The molecule has 5 nitrogen and oxygen atoms in total. The highest BCUT2D eigenvalue weighted by Gasteiger charge is 2.14. The normalized spacial score (nSPS) is 10.3. The quantitative estimate of drug-likeness (QED) is 0.706. The lowest BCUT2D eigenvalue weighted by Gasteiger charge is -2.10. The molecule has 1 aromatic rings. The van der Waals surface area contributed by atoms with Crippen LogP contribution in [-0.4, -0.2) is 30.6 Å². The summed E-state index contributed by atoms with van der Waals surface area (Å²) in [6, 6.07) is 2.50. The lowest BCUT2D eigenvalue weighted by Crippen LogP contribution is -2.15. The van der Waals surface area contributed by atoms with E-state index in [-0.39, 0.29) is 27.2 Å². The average Bonchev–Trinajstić information content (AvgIpc) is 2.33. The number of hydrogen-bond donors (Lipinski definition) is 3. The molecule has 0 bridgehead atoms. The molecule has 0 aromatic heterocycles. The monoisotopic (exact) mass is 304 g/mol. The number of nitrogens with one attached hydrogen (secondary N) is 2. The predicted molar refractivity (Wildman–Crippen MR) is 75.2 cm³/mol. The van der Waals surface area contributed by atoms with Gasteiger partial charge in [0, 0.05) is 6.42 Å². The zero-order valence-corrected chi connectivity index (χ0v) is 11.8. The van der Waals surface area contributed by atoms with Crippen LogP contribution in [0.3, 0.4) is 0 Å². The van der Waals surface area contributed by atoms with Gasteiger partial charge in [0.25, 0.3) is 0 Å². The number of halogens is 2. The molecule has 0 aliphatic carbocycles. The van der Waals surface area contributed by atoms with Gasteiger partial charge in [0.1, 0.15) is 0 Å². The Morgan fingerprint density at radius 3 is 2.32 bits per heavy atom. The lowest BCUT2D eigenvalue weighted by molar-refractivity contribution is -0.116. The Morgan fingerprint density at radius 1 is 1.26 bits per heavy atom. The molecule has 0 saturated carbocycles. The maximum absolute atomic E-state index is 11.6. The van der Waals surface area contributed by atoms with Crippen molar-refractivity contribution in [1.82, 2.24) is 5.32 Å². The van der Waals surface area contributed by atoms with Gasteiger partial charge < -0.3 is 15.7 Å². The highest BCUT2D eigenvalue weighted by molar-refractivity contribution is 6.40. The van der Waals surface area contributed by atoms with E-state index >= 15 is 0 Å². The van der Waals surface area contributed by atoms with E-state index in [1.54, 1.807) is 7.05 Å². The van der Waals surface area contributed by atoms with Gasteiger partial charge in [-0.05, 0) is 32.1 Å². The Labute approximate surface area is 120 Å². The summed E-state index contributed by atoms with van der Waals surface area (Å²) >= 11 is 11.8. The molecule has 0 atom stereocenters. The number of rotatable bonds is 6. The van der Waals surface area contributed by atoms with Crippen LogP contribution in [0.4, 0.5) is 5.69 Å². The zero-order valence-electron chi connectivity index (χ0n) is 10.3. The first-order valence-corrected chi connectivity index (χ1v) is 6.38. The van der Waals surface area contributed by atoms with Crippen molar-refractivity contribution < 1.29 is 14.7 Å². The molecular weight excluding hydrogens is 291 g/mol. The minimum atomic E-state index is -1.13. The molecule has 104 valence electrons. The first-order chi connectivity index (χ1) is 8.95. The molecule has 0 unspecified atom stereocenters. The summed E-state index contributed by atoms with van der Waals surface area (Å²) in [6.07, 6.45) is 1.01. The van der Waals surface area contributed by atoms with E-state index in [1.807, 2.05) is 0 Å². The summed E-state index contributed by atoms with van der Waals surface area (Å²) in [5, 5.41) is 14.6. The van der Waals surface area contributed by atoms with Crippen molar-refractivity contribution in [2.24, 2.45) is 0 Å². The Balaban J connectivity index is 2.79. The highest BCUT2D eigenvalue weighted by Crippen LogP contribution is 2.32. The van der Waals surface area contributed by atoms with Crippen LogP contribution in [-0.2, 0) is 4.79 Å². The molecule has 1 aromatic carbocycles. The highest BCUT2D eigenvalue weighted by atomic mass is 35.5. The standard InChI is InChI=1S/C12H14Cl2N2O3/c1-15-4-2-3-10(17)16-11-8(13)5-7(12(18)19)6-9(11)14/h5-6,15H,2-4H2,1H3,(H,16,17)(H,18,19). The van der Waals surface area contributed by atoms with Crippen LogP contribution in [0.1, 0.15) is 23.2 Å². The van der Waals surface area contributed by atoms with Crippen LogP contribution >= 0.6 is 23.2 Å². The summed E-state index contributed by atoms with van der Waals surface area (Å²) in [6.45, 7) is 0.729. The van der Waals surface area contributed by atoms with Gasteiger partial charge in [0.05, 0.1) is 21.3 Å². The van der Waals surface area contributed by atoms with Crippen LogP contribution < -0.4 is 10.6 Å². The smallest absolute Gasteiger partial charge is 0.335 e. The van der Waals surface area contributed by atoms with Gasteiger partial charge in [-0.3, -0.25) is 4.79 Å². The van der Waals surface area contributed by atoms with E-state index in [0.29, 0.717) is 12.8 Å². The lowest BCUT2D eigenvalue weighted by atomic mass is 10.2. The van der Waals surface area contributed by atoms with E-state index in [4.69, 9.17) is 28.3 Å². The fourth-order valence-electron chi connectivity index (χ4n) is 1.44. The molecule has 0 fully saturated rings. The Bertz CT molecular complexity index is 469. The van der Waals surface area contributed by atoms with Gasteiger partial charge in [-0.25, -0.2) is 4.79 Å². The van der Waals surface area contributed by atoms with E-state index in [9.17, 15) is 9.59 Å². The summed E-state index contributed by atoms with van der Waals surface area (Å²) in [4.78, 5) is 22.4. The molecule has 0 saturated heterocycles. The largest absolute Gasteiger partial charge is 0.478 e. The average molecular weight is 305 g/mol. The van der Waals surface area contributed by atoms with Crippen LogP contribution in [0, 0.1) is 0 Å². The van der Waals surface area contributed by atoms with E-state index < -0.39 is 5.97 Å². The second kappa shape index (κ2) is 7.33. The molecule has 1 amide bonds. The number of carboxylic acids is 1. The maximum atomic E-state index is 11.6. The van der Waals surface area contributed by atoms with E-state index in [1.165, 1.54) is 12.1 Å². The van der Waals surface area contributed by atoms with Gasteiger partial charge in [0.15, 0.2) is 0 Å². The number of carboxylic acid groups (broad SMARTS) is 1. The summed E-state index contributed by atoms with van der Waals surface area (Å²) in [5.74, 6) is -1.35. The van der Waals surface area contributed by atoms with Crippen molar-refractivity contribution in [1.29, 1.82) is 0 Å². The van der Waals surface area contributed by atoms with Gasteiger partial charge >= 0.3 is 5.97 Å². The summed E-state index contributed by atoms with van der Waals surface area (Å²) < 4.78 is 0. The minimum absolute atomic E-state index is 0.0248. The van der Waals surface area contributed by atoms with Gasteiger partial charge in [0.2, 0.25) is 5.91 Å². The first-order valence-electron chi connectivity index (χ1n) is 5.62. The third kappa shape index (κ3) is 4.70. The third-order valence-electron chi connectivity index (χ3n) is 2.38. The van der Waals surface area contributed by atoms with E-state index in [2.05, 4.69) is 10.6 Å². The van der Waals surface area contributed by atoms with Crippen LogP contribution in [0.2, 0.25) is 10.0 Å². The number of hydrogen-bond acceptors (Lipinski definition) is 3. The third-order valence-corrected chi connectivity index (χ3v) is 2.98. The molecule has 0 radical (unpaired) electrons. The molecule has 1 rings (SSSR count). The molecule has 3 N–H and O–H groups in total. The van der Waals surface area contributed by atoms with Gasteiger partial charge in [-0.1, -0.05) is 23.2 Å². The van der Waals surface area contributed by atoms with Crippen molar-refractivity contribution in [2.75, 3.05) is 18.9 Å². The van der Waals surface area contributed by atoms with Gasteiger partial charge in [-0.15, -0.1) is 0 Å². The predicted octanol–water partition coefficient (Wildman–Crippen LogP) is 2.63. The van der Waals surface area contributed by atoms with Crippen molar-refractivity contribution >= 4 is 40.8 Å². The number of amides is 1. The van der Waals surface area contributed by atoms with Crippen molar-refractivity contribution in [3.8, 4) is 0 Å². The molecule has 0 aliphatic rings. The second-order valence-electron chi connectivity index (χ2n) is 3.88.